The number of hydrogen-bond acceptors (Lipinski definition) is 7. The third-order valence-corrected chi connectivity index (χ3v) is 5.46. The van der Waals surface area contributed by atoms with Crippen molar-refractivity contribution >= 4 is 11.6 Å². The number of nitrogens with two attached hydrogens (primary N) is 1. The molecule has 28 heavy (non-hydrogen) atoms. The van der Waals surface area contributed by atoms with Crippen molar-refractivity contribution in [2.45, 2.75) is 44.1 Å². The van der Waals surface area contributed by atoms with Gasteiger partial charge in [-0.05, 0) is 43.0 Å². The van der Waals surface area contributed by atoms with E-state index in [1.165, 1.54) is 24.3 Å². The molecule has 0 unspecified atom stereocenters. The Morgan fingerprint density at radius 3 is 2.50 bits per heavy atom. The molecule has 0 aromatic heterocycles. The topological polar surface area (TPSA) is 130 Å². The summed E-state index contributed by atoms with van der Waals surface area (Å²) >= 11 is 0. The number of aliphatic hydroxyl groups is 1. The summed E-state index contributed by atoms with van der Waals surface area (Å²) in [5.41, 5.74) is 6.44. The molecule has 0 aliphatic heterocycles. The first kappa shape index (κ1) is 18.6. The maximum absolute atomic E-state index is 12.8. The summed E-state index contributed by atoms with van der Waals surface area (Å²) < 4.78 is 5.85. The lowest BCUT2D eigenvalue weighted by atomic mass is 9.82. The molecule has 0 amide bonds. The highest BCUT2D eigenvalue weighted by molar-refractivity contribution is 6.30. The van der Waals surface area contributed by atoms with E-state index in [4.69, 9.17) is 10.5 Å². The van der Waals surface area contributed by atoms with Crippen LogP contribution in [-0.2, 0) is 11.3 Å². The number of phenols is 2. The van der Waals surface area contributed by atoms with Crippen molar-refractivity contribution in [3.63, 3.8) is 0 Å². The molecule has 146 valence electrons. The van der Waals surface area contributed by atoms with Crippen molar-refractivity contribution in [2.75, 3.05) is 0 Å². The summed E-state index contributed by atoms with van der Waals surface area (Å²) in [6.07, 6.45) is 1.13. The molecule has 1 fully saturated rings. The van der Waals surface area contributed by atoms with Gasteiger partial charge < -0.3 is 25.8 Å². The number of fused-ring (bicyclic) bond motifs is 2. The van der Waals surface area contributed by atoms with Crippen molar-refractivity contribution in [3.05, 3.63) is 58.1 Å². The summed E-state index contributed by atoms with van der Waals surface area (Å²) in [6, 6.07) is 6.91. The molecular weight excluding hydrogens is 362 g/mol. The highest BCUT2D eigenvalue weighted by Crippen LogP contribution is 2.37. The van der Waals surface area contributed by atoms with E-state index in [1.807, 2.05) is 0 Å². The maximum atomic E-state index is 12.8. The molecule has 0 saturated heterocycles. The minimum Gasteiger partial charge on any atom is -0.507 e. The number of rotatable bonds is 3. The van der Waals surface area contributed by atoms with Gasteiger partial charge in [0.1, 0.15) is 11.5 Å². The van der Waals surface area contributed by atoms with Gasteiger partial charge in [-0.15, -0.1) is 0 Å². The van der Waals surface area contributed by atoms with Gasteiger partial charge in [-0.25, -0.2) is 0 Å². The molecule has 7 nitrogen and oxygen atoms in total. The second kappa shape index (κ2) is 7.01. The van der Waals surface area contributed by atoms with Crippen LogP contribution in [0.2, 0.25) is 0 Å². The van der Waals surface area contributed by atoms with Crippen LogP contribution in [0.1, 0.15) is 56.7 Å². The van der Waals surface area contributed by atoms with Crippen LogP contribution in [-0.4, -0.2) is 45.1 Å². The maximum Gasteiger partial charge on any atom is 0.201 e. The van der Waals surface area contributed by atoms with E-state index in [0.717, 1.165) is 0 Å². The minimum atomic E-state index is -0.583. The molecule has 5 N–H and O–H groups in total. The van der Waals surface area contributed by atoms with Crippen LogP contribution >= 0.6 is 0 Å². The van der Waals surface area contributed by atoms with Crippen LogP contribution in [0.5, 0.6) is 11.5 Å². The number of carbonyl (C=O) groups excluding carboxylic acids is 2. The monoisotopic (exact) mass is 383 g/mol. The van der Waals surface area contributed by atoms with E-state index in [2.05, 4.69) is 0 Å². The molecule has 0 bridgehead atoms. The molecule has 2 aliphatic carbocycles. The van der Waals surface area contributed by atoms with Gasteiger partial charge in [0.15, 0.2) is 5.78 Å². The number of ether oxygens (including phenoxy) is 1. The van der Waals surface area contributed by atoms with E-state index in [-0.39, 0.29) is 52.5 Å². The Morgan fingerprint density at radius 2 is 1.75 bits per heavy atom. The predicted molar refractivity (Wildman–Crippen MR) is 99.5 cm³/mol. The van der Waals surface area contributed by atoms with E-state index in [0.29, 0.717) is 24.8 Å². The van der Waals surface area contributed by atoms with Crippen molar-refractivity contribution in [2.24, 2.45) is 5.73 Å². The van der Waals surface area contributed by atoms with Gasteiger partial charge in [0.05, 0.1) is 29.9 Å². The van der Waals surface area contributed by atoms with Gasteiger partial charge in [-0.3, -0.25) is 9.59 Å². The van der Waals surface area contributed by atoms with E-state index >= 15 is 0 Å². The SMILES string of the molecule is N[C@H]1C[C@H](OCc2cc(O)c3c(c2)C(=O)c2cccc(O)c2C3=O)CC[C@@H]1O. The third kappa shape index (κ3) is 3.07. The quantitative estimate of drug-likeness (QED) is 0.541. The Labute approximate surface area is 161 Å². The fraction of sp³-hybridized carbons (Fsp3) is 0.333. The van der Waals surface area contributed by atoms with Gasteiger partial charge in [-0.2, -0.15) is 0 Å². The molecule has 3 atom stereocenters. The van der Waals surface area contributed by atoms with Crippen molar-refractivity contribution < 1.29 is 29.6 Å². The number of aromatic hydroxyl groups is 2. The highest BCUT2D eigenvalue weighted by Gasteiger charge is 2.34. The molecular formula is C21H21NO6. The first-order valence-electron chi connectivity index (χ1n) is 9.19. The van der Waals surface area contributed by atoms with Crippen molar-refractivity contribution in [3.8, 4) is 11.5 Å². The van der Waals surface area contributed by atoms with Crippen LogP contribution < -0.4 is 5.73 Å². The molecule has 7 heteroatoms. The normalized spacial score (nSPS) is 24.0. The smallest absolute Gasteiger partial charge is 0.201 e. The zero-order valence-corrected chi connectivity index (χ0v) is 15.1. The molecule has 4 rings (SSSR count). The second-order valence-electron chi connectivity index (χ2n) is 7.37. The first-order valence-corrected chi connectivity index (χ1v) is 9.19. The largest absolute Gasteiger partial charge is 0.507 e. The van der Waals surface area contributed by atoms with Crippen LogP contribution in [0.3, 0.4) is 0 Å². The molecule has 1 saturated carbocycles. The van der Waals surface area contributed by atoms with Gasteiger partial charge >= 0.3 is 0 Å². The fourth-order valence-corrected chi connectivity index (χ4v) is 3.94. The molecule has 2 aromatic rings. The zero-order valence-electron chi connectivity index (χ0n) is 15.1. The van der Waals surface area contributed by atoms with Crippen LogP contribution in [0, 0.1) is 0 Å². The molecule has 0 spiro atoms. The van der Waals surface area contributed by atoms with Crippen LogP contribution in [0.25, 0.3) is 0 Å². The van der Waals surface area contributed by atoms with Crippen LogP contribution in [0.15, 0.2) is 30.3 Å². The summed E-state index contributed by atoms with van der Waals surface area (Å²) in [5.74, 6) is -1.62. The third-order valence-electron chi connectivity index (χ3n) is 5.46. The average molecular weight is 383 g/mol. The number of ketones is 2. The number of aliphatic hydroxyl groups excluding tert-OH is 1. The first-order chi connectivity index (χ1) is 13.4. The Kier molecular flexibility index (Phi) is 4.66. The number of hydrogen-bond donors (Lipinski definition) is 4. The summed E-state index contributed by atoms with van der Waals surface area (Å²) in [5, 5.41) is 30.1. The van der Waals surface area contributed by atoms with E-state index in [9.17, 15) is 24.9 Å². The van der Waals surface area contributed by atoms with E-state index < -0.39 is 17.7 Å². The molecule has 0 heterocycles. The Balaban J connectivity index is 1.60. The van der Waals surface area contributed by atoms with Gasteiger partial charge in [0.25, 0.3) is 0 Å². The lowest BCUT2D eigenvalue weighted by Crippen LogP contribution is -2.42. The van der Waals surface area contributed by atoms with Gasteiger partial charge in [0, 0.05) is 17.2 Å². The number of benzene rings is 2. The highest BCUT2D eigenvalue weighted by atomic mass is 16.5. The van der Waals surface area contributed by atoms with Gasteiger partial charge in [-0.1, -0.05) is 12.1 Å². The summed E-state index contributed by atoms with van der Waals surface area (Å²) in [7, 11) is 0. The van der Waals surface area contributed by atoms with Gasteiger partial charge in [0.2, 0.25) is 5.78 Å². The Hall–Kier alpha value is -2.74. The van der Waals surface area contributed by atoms with Crippen LogP contribution in [0.4, 0.5) is 0 Å². The molecule has 2 aliphatic rings. The second-order valence-corrected chi connectivity index (χ2v) is 7.37. The Bertz CT molecular complexity index is 970. The molecule has 0 radical (unpaired) electrons. The standard InChI is InChI=1S/C21H21NO6/c22-14-8-11(4-5-15(14)23)28-9-10-6-13-19(17(25)7-10)21(27)18-12(20(13)26)2-1-3-16(18)24/h1-3,6-7,11,14-15,23-25H,4-5,8-9,22H2/t11-,14+,15+/m1/s1. The Morgan fingerprint density at radius 1 is 1.00 bits per heavy atom. The zero-order chi connectivity index (χ0) is 20.0. The minimum absolute atomic E-state index is 0.0888. The number of carbonyl (C=O) groups is 2. The number of phenolic OH excluding ortho intramolecular Hbond substituents is 2. The predicted octanol–water partition coefficient (Wildman–Crippen LogP) is 1.63. The summed E-state index contributed by atoms with van der Waals surface area (Å²) in [6.45, 7) is 0.142. The van der Waals surface area contributed by atoms with E-state index in [1.54, 1.807) is 6.07 Å². The lowest BCUT2D eigenvalue weighted by molar-refractivity contribution is -0.0209. The van der Waals surface area contributed by atoms with Crippen molar-refractivity contribution in [1.82, 2.24) is 0 Å². The summed E-state index contributed by atoms with van der Waals surface area (Å²) in [4.78, 5) is 25.6. The fourth-order valence-electron chi connectivity index (χ4n) is 3.94. The van der Waals surface area contributed by atoms with Crippen molar-refractivity contribution in [1.29, 1.82) is 0 Å². The molecule has 2 aromatic carbocycles. The average Bonchev–Trinajstić information content (AvgIpc) is 2.66. The lowest BCUT2D eigenvalue weighted by Gasteiger charge is -2.30.